The molecule has 0 heterocycles. The molecular formula is C8H16O6. The largest absolute Gasteiger partial charge is 0.394 e. The molecule has 6 N–H and O–H groups in total. The molecule has 0 aromatic rings. The Morgan fingerprint density at radius 1 is 0.929 bits per heavy atom. The van der Waals surface area contributed by atoms with Gasteiger partial charge in [0, 0.05) is 0 Å². The van der Waals surface area contributed by atoms with Gasteiger partial charge in [0.2, 0.25) is 0 Å². The van der Waals surface area contributed by atoms with E-state index >= 15 is 0 Å². The molecule has 6 nitrogen and oxygen atoms in total. The van der Waals surface area contributed by atoms with E-state index in [2.05, 4.69) is 6.58 Å². The quantitative estimate of drug-likeness (QED) is 0.258. The van der Waals surface area contributed by atoms with E-state index in [1.807, 2.05) is 0 Å². The predicted octanol–water partition coefficient (Wildman–Crippen LogP) is -3.03. The van der Waals surface area contributed by atoms with Gasteiger partial charge in [-0.1, -0.05) is 6.08 Å². The van der Waals surface area contributed by atoms with Crippen LogP contribution in [0.2, 0.25) is 0 Å². The van der Waals surface area contributed by atoms with E-state index in [1.165, 1.54) is 0 Å². The van der Waals surface area contributed by atoms with Gasteiger partial charge in [-0.3, -0.25) is 0 Å². The van der Waals surface area contributed by atoms with Gasteiger partial charge in [-0.05, 0) is 0 Å². The average Bonchev–Trinajstić information content (AvgIpc) is 2.23. The third kappa shape index (κ3) is 3.33. The Kier molecular flexibility index (Phi) is 5.86. The Morgan fingerprint density at radius 2 is 1.43 bits per heavy atom. The minimum absolute atomic E-state index is 0.755. The van der Waals surface area contributed by atoms with Crippen LogP contribution in [0.3, 0.4) is 0 Å². The molecule has 84 valence electrons. The van der Waals surface area contributed by atoms with Gasteiger partial charge in [0.15, 0.2) is 0 Å². The van der Waals surface area contributed by atoms with Gasteiger partial charge in [-0.25, -0.2) is 0 Å². The zero-order valence-corrected chi connectivity index (χ0v) is 7.56. The Morgan fingerprint density at radius 3 is 1.79 bits per heavy atom. The van der Waals surface area contributed by atoms with Crippen LogP contribution in [-0.2, 0) is 0 Å². The van der Waals surface area contributed by atoms with Crippen LogP contribution >= 0.6 is 0 Å². The smallest absolute Gasteiger partial charge is 0.112 e. The zero-order chi connectivity index (χ0) is 11.3. The summed E-state index contributed by atoms with van der Waals surface area (Å²) in [7, 11) is 0. The molecule has 0 bridgehead atoms. The fourth-order valence-electron chi connectivity index (χ4n) is 0.879. The van der Waals surface area contributed by atoms with E-state index in [1.54, 1.807) is 0 Å². The van der Waals surface area contributed by atoms with E-state index in [-0.39, 0.29) is 0 Å². The minimum Gasteiger partial charge on any atom is -0.394 e. The maximum Gasteiger partial charge on any atom is 0.112 e. The lowest BCUT2D eigenvalue weighted by molar-refractivity contribution is -0.133. The number of hydrogen-bond acceptors (Lipinski definition) is 6. The Hall–Kier alpha value is -0.500. The number of rotatable bonds is 6. The number of aliphatic hydroxyl groups excluding tert-OH is 6. The zero-order valence-electron chi connectivity index (χ0n) is 7.56. The van der Waals surface area contributed by atoms with E-state index in [9.17, 15) is 10.2 Å². The normalized spacial score (nSPS) is 22.1. The Balaban J connectivity index is 4.29. The predicted molar refractivity (Wildman–Crippen MR) is 47.3 cm³/mol. The molecule has 0 unspecified atom stereocenters. The van der Waals surface area contributed by atoms with E-state index in [0.717, 1.165) is 6.08 Å². The van der Waals surface area contributed by atoms with Crippen molar-refractivity contribution in [2.45, 2.75) is 30.5 Å². The molecule has 0 aromatic heterocycles. The summed E-state index contributed by atoms with van der Waals surface area (Å²) in [4.78, 5) is 0. The first-order valence-electron chi connectivity index (χ1n) is 4.09. The fraction of sp³-hybridized carbons (Fsp3) is 0.750. The minimum atomic E-state index is -1.76. The third-order valence-corrected chi connectivity index (χ3v) is 1.87. The first-order valence-corrected chi connectivity index (χ1v) is 4.09. The molecule has 0 amide bonds. The van der Waals surface area contributed by atoms with E-state index in [0.29, 0.717) is 0 Å². The van der Waals surface area contributed by atoms with Crippen molar-refractivity contribution in [3.63, 3.8) is 0 Å². The highest BCUT2D eigenvalue weighted by Gasteiger charge is 2.32. The lowest BCUT2D eigenvalue weighted by Gasteiger charge is -2.27. The van der Waals surface area contributed by atoms with Crippen molar-refractivity contribution in [3.05, 3.63) is 12.7 Å². The Bertz CT molecular complexity index is 173. The molecule has 0 fully saturated rings. The summed E-state index contributed by atoms with van der Waals surface area (Å²) >= 11 is 0. The summed E-state index contributed by atoms with van der Waals surface area (Å²) < 4.78 is 0. The van der Waals surface area contributed by atoms with Crippen LogP contribution in [0, 0.1) is 0 Å². The first-order chi connectivity index (χ1) is 6.45. The van der Waals surface area contributed by atoms with Crippen molar-refractivity contribution in [2.75, 3.05) is 6.61 Å². The molecule has 0 radical (unpaired) electrons. The van der Waals surface area contributed by atoms with E-state index < -0.39 is 37.1 Å². The maximum absolute atomic E-state index is 9.21. The SMILES string of the molecule is C=C[C@H](O)[C@H](O)[C@@H](O)[C@H](O)[C@H](O)CO. The summed E-state index contributed by atoms with van der Waals surface area (Å²) in [6.45, 7) is 2.42. The monoisotopic (exact) mass is 208 g/mol. The topological polar surface area (TPSA) is 121 Å². The lowest BCUT2D eigenvalue weighted by Crippen LogP contribution is -2.49. The summed E-state index contributed by atoms with van der Waals surface area (Å²) in [5.41, 5.74) is 0. The van der Waals surface area contributed by atoms with Crippen LogP contribution in [0.1, 0.15) is 0 Å². The van der Waals surface area contributed by atoms with Gasteiger partial charge < -0.3 is 30.6 Å². The molecule has 0 aromatic carbocycles. The van der Waals surface area contributed by atoms with Gasteiger partial charge in [-0.15, -0.1) is 6.58 Å². The molecule has 0 rings (SSSR count). The van der Waals surface area contributed by atoms with Crippen LogP contribution in [-0.4, -0.2) is 67.8 Å². The second-order valence-corrected chi connectivity index (χ2v) is 2.95. The number of aliphatic hydroxyl groups is 6. The number of hydrogen-bond donors (Lipinski definition) is 6. The summed E-state index contributed by atoms with van der Waals surface area (Å²) in [5, 5.41) is 53.9. The average molecular weight is 208 g/mol. The molecule has 0 aliphatic heterocycles. The van der Waals surface area contributed by atoms with Crippen molar-refractivity contribution in [3.8, 4) is 0 Å². The van der Waals surface area contributed by atoms with Gasteiger partial charge >= 0.3 is 0 Å². The molecule has 14 heavy (non-hydrogen) atoms. The molecule has 6 heteroatoms. The molecule has 0 saturated heterocycles. The van der Waals surface area contributed by atoms with Gasteiger partial charge in [0.05, 0.1) is 6.61 Å². The third-order valence-electron chi connectivity index (χ3n) is 1.87. The second kappa shape index (κ2) is 6.07. The van der Waals surface area contributed by atoms with Crippen LogP contribution in [0.25, 0.3) is 0 Å². The van der Waals surface area contributed by atoms with Crippen molar-refractivity contribution in [1.29, 1.82) is 0 Å². The van der Waals surface area contributed by atoms with Crippen molar-refractivity contribution in [1.82, 2.24) is 0 Å². The van der Waals surface area contributed by atoms with Gasteiger partial charge in [0.1, 0.15) is 30.5 Å². The molecular weight excluding hydrogens is 192 g/mol. The molecule has 0 spiro atoms. The fourth-order valence-corrected chi connectivity index (χ4v) is 0.879. The summed E-state index contributed by atoms with van der Waals surface area (Å²) in [6, 6.07) is 0. The van der Waals surface area contributed by atoms with Crippen molar-refractivity contribution >= 4 is 0 Å². The standard InChI is InChI=1S/C8H16O6/c1-2-4(10)6(12)8(14)7(13)5(11)3-9/h2,4-14H,1,3H2/t4-,5+,6-,7+,8+/m0/s1. The highest BCUT2D eigenvalue weighted by atomic mass is 16.4. The first kappa shape index (κ1) is 13.5. The van der Waals surface area contributed by atoms with Crippen LogP contribution < -0.4 is 0 Å². The second-order valence-electron chi connectivity index (χ2n) is 2.95. The summed E-state index contributed by atoms with van der Waals surface area (Å²) in [6.07, 6.45) is -7.16. The molecule has 0 saturated carbocycles. The summed E-state index contributed by atoms with van der Waals surface area (Å²) in [5.74, 6) is 0. The van der Waals surface area contributed by atoms with Gasteiger partial charge in [-0.2, -0.15) is 0 Å². The van der Waals surface area contributed by atoms with Gasteiger partial charge in [0.25, 0.3) is 0 Å². The molecule has 0 aliphatic carbocycles. The van der Waals surface area contributed by atoms with Crippen LogP contribution in [0.4, 0.5) is 0 Å². The van der Waals surface area contributed by atoms with E-state index in [4.69, 9.17) is 20.4 Å². The highest BCUT2D eigenvalue weighted by Crippen LogP contribution is 2.08. The lowest BCUT2D eigenvalue weighted by atomic mass is 9.99. The van der Waals surface area contributed by atoms with Crippen molar-refractivity contribution in [2.24, 2.45) is 0 Å². The maximum atomic E-state index is 9.21. The van der Waals surface area contributed by atoms with Crippen LogP contribution in [0.5, 0.6) is 0 Å². The molecule has 5 atom stereocenters. The Labute approximate surface area is 81.4 Å². The van der Waals surface area contributed by atoms with Crippen LogP contribution in [0.15, 0.2) is 12.7 Å². The van der Waals surface area contributed by atoms with Crippen molar-refractivity contribution < 1.29 is 30.6 Å². The molecule has 0 aliphatic rings. The highest BCUT2D eigenvalue weighted by molar-refractivity contribution is 4.91.